The summed E-state index contributed by atoms with van der Waals surface area (Å²) in [5, 5.41) is 4.36. The van der Waals surface area contributed by atoms with Crippen molar-refractivity contribution in [2.75, 3.05) is 12.4 Å². The van der Waals surface area contributed by atoms with E-state index < -0.39 is 0 Å². The van der Waals surface area contributed by atoms with Crippen molar-refractivity contribution in [3.05, 3.63) is 17.5 Å². The van der Waals surface area contributed by atoms with Crippen molar-refractivity contribution in [2.24, 2.45) is 7.05 Å². The van der Waals surface area contributed by atoms with Crippen molar-refractivity contribution < 1.29 is 4.79 Å². The fraction of sp³-hybridized carbons (Fsp3) is 0.714. The van der Waals surface area contributed by atoms with E-state index in [1.165, 1.54) is 6.42 Å². The monoisotopic (exact) mass is 283 g/mol. The number of halogens is 1. The lowest BCUT2D eigenvalue weighted by molar-refractivity contribution is 0.0608. The van der Waals surface area contributed by atoms with Crippen LogP contribution < -0.4 is 0 Å². The molecule has 1 atom stereocenters. The van der Waals surface area contributed by atoms with Gasteiger partial charge in [-0.2, -0.15) is 5.10 Å². The number of hydrogen-bond donors (Lipinski definition) is 0. The minimum atomic E-state index is 0.125. The van der Waals surface area contributed by atoms with E-state index in [2.05, 4.69) is 5.10 Å². The second kappa shape index (κ2) is 6.42. The van der Waals surface area contributed by atoms with Gasteiger partial charge in [0.05, 0.1) is 11.3 Å². The van der Waals surface area contributed by atoms with E-state index in [-0.39, 0.29) is 5.91 Å². The van der Waals surface area contributed by atoms with Gasteiger partial charge in [0.1, 0.15) is 0 Å². The number of nitrogens with zero attached hydrogens (tertiary/aromatic N) is 3. The molecule has 1 aromatic heterocycles. The zero-order valence-corrected chi connectivity index (χ0v) is 12.5. The van der Waals surface area contributed by atoms with Gasteiger partial charge in [0.2, 0.25) is 0 Å². The van der Waals surface area contributed by atoms with Gasteiger partial charge in [-0.25, -0.2) is 0 Å². The Morgan fingerprint density at radius 2 is 2.32 bits per heavy atom. The lowest BCUT2D eigenvalue weighted by atomic mass is 9.98. The molecule has 2 heterocycles. The molecule has 0 saturated carbocycles. The second-order valence-corrected chi connectivity index (χ2v) is 5.52. The first-order valence-corrected chi connectivity index (χ1v) is 7.60. The van der Waals surface area contributed by atoms with Gasteiger partial charge in [-0.05, 0) is 32.1 Å². The number of amides is 1. The minimum Gasteiger partial charge on any atom is -0.336 e. The third-order valence-electron chi connectivity index (χ3n) is 3.80. The van der Waals surface area contributed by atoms with Crippen LogP contribution in [0, 0.1) is 0 Å². The van der Waals surface area contributed by atoms with Crippen LogP contribution in [0.25, 0.3) is 0 Å². The molecular weight excluding hydrogens is 262 g/mol. The number of alkyl halides is 1. The fourth-order valence-electron chi connectivity index (χ4n) is 2.82. The van der Waals surface area contributed by atoms with E-state index in [1.807, 2.05) is 25.1 Å². The maximum atomic E-state index is 12.7. The van der Waals surface area contributed by atoms with Crippen LogP contribution >= 0.6 is 11.6 Å². The molecule has 1 amide bonds. The molecule has 0 aromatic carbocycles. The molecule has 1 aliphatic rings. The van der Waals surface area contributed by atoms with Gasteiger partial charge in [0.15, 0.2) is 0 Å². The molecule has 19 heavy (non-hydrogen) atoms. The van der Waals surface area contributed by atoms with Crippen LogP contribution in [0.1, 0.15) is 48.7 Å². The number of likely N-dealkylation sites (tertiary alicyclic amines) is 1. The summed E-state index contributed by atoms with van der Waals surface area (Å²) >= 11 is 5.86. The predicted molar refractivity (Wildman–Crippen MR) is 76.6 cm³/mol. The molecule has 0 bridgehead atoms. The van der Waals surface area contributed by atoms with Gasteiger partial charge >= 0.3 is 0 Å². The highest BCUT2D eigenvalue weighted by Gasteiger charge is 2.29. The number of carbonyl (C=O) groups is 1. The minimum absolute atomic E-state index is 0.125. The first-order valence-electron chi connectivity index (χ1n) is 7.06. The van der Waals surface area contributed by atoms with Gasteiger partial charge in [-0.15, -0.1) is 11.6 Å². The molecule has 106 valence electrons. The Kier molecular flexibility index (Phi) is 4.86. The van der Waals surface area contributed by atoms with Crippen molar-refractivity contribution in [3.63, 3.8) is 0 Å². The smallest absolute Gasteiger partial charge is 0.257 e. The van der Waals surface area contributed by atoms with Crippen LogP contribution in [0.4, 0.5) is 0 Å². The van der Waals surface area contributed by atoms with Crippen LogP contribution in [0.3, 0.4) is 0 Å². The van der Waals surface area contributed by atoms with Gasteiger partial charge in [0, 0.05) is 31.7 Å². The van der Waals surface area contributed by atoms with E-state index in [9.17, 15) is 4.79 Å². The molecule has 1 fully saturated rings. The van der Waals surface area contributed by atoms with Crippen molar-refractivity contribution in [2.45, 2.75) is 45.1 Å². The van der Waals surface area contributed by atoms with Crippen molar-refractivity contribution >= 4 is 17.5 Å². The van der Waals surface area contributed by atoms with E-state index in [1.54, 1.807) is 4.68 Å². The molecular formula is C14H22ClN3O. The van der Waals surface area contributed by atoms with Crippen molar-refractivity contribution in [3.8, 4) is 0 Å². The van der Waals surface area contributed by atoms with E-state index in [0.717, 1.165) is 43.5 Å². The van der Waals surface area contributed by atoms with E-state index in [4.69, 9.17) is 11.6 Å². The average molecular weight is 284 g/mol. The number of piperidine rings is 1. The third-order valence-corrected chi connectivity index (χ3v) is 4.02. The largest absolute Gasteiger partial charge is 0.336 e. The summed E-state index contributed by atoms with van der Waals surface area (Å²) in [5.41, 5.74) is 1.65. The zero-order chi connectivity index (χ0) is 13.8. The lowest BCUT2D eigenvalue weighted by Crippen LogP contribution is -2.44. The molecule has 1 unspecified atom stereocenters. The Morgan fingerprint density at radius 3 is 3.00 bits per heavy atom. The highest BCUT2D eigenvalue weighted by atomic mass is 35.5. The number of rotatable bonds is 4. The van der Waals surface area contributed by atoms with E-state index >= 15 is 0 Å². The predicted octanol–water partition coefficient (Wildman–Crippen LogP) is 2.61. The summed E-state index contributed by atoms with van der Waals surface area (Å²) < 4.78 is 1.73. The Bertz CT molecular complexity index is 442. The standard InChI is InChI=1S/C14H22ClN3O/c1-3-13-12(10-17(2)16-13)14(19)18-9-5-4-6-11(18)7-8-15/h10-11H,3-9H2,1-2H3. The van der Waals surface area contributed by atoms with Gasteiger partial charge in [-0.1, -0.05) is 6.92 Å². The SMILES string of the molecule is CCc1nn(C)cc1C(=O)N1CCCCC1CCCl. The second-order valence-electron chi connectivity index (χ2n) is 5.14. The summed E-state index contributed by atoms with van der Waals surface area (Å²) in [4.78, 5) is 14.7. The van der Waals surface area contributed by atoms with E-state index in [0.29, 0.717) is 11.9 Å². The molecule has 0 spiro atoms. The molecule has 1 aliphatic heterocycles. The number of carbonyl (C=O) groups excluding carboxylic acids is 1. The maximum Gasteiger partial charge on any atom is 0.257 e. The number of hydrogen-bond acceptors (Lipinski definition) is 2. The Hall–Kier alpha value is -1.03. The van der Waals surface area contributed by atoms with Crippen LogP contribution in [0.15, 0.2) is 6.20 Å². The molecule has 2 rings (SSSR count). The summed E-state index contributed by atoms with van der Waals surface area (Å²) in [6.45, 7) is 2.88. The topological polar surface area (TPSA) is 38.1 Å². The van der Waals surface area contributed by atoms with Gasteiger partial charge in [0.25, 0.3) is 5.91 Å². The number of aromatic nitrogens is 2. The quantitative estimate of drug-likeness (QED) is 0.797. The first-order chi connectivity index (χ1) is 9.17. The molecule has 1 saturated heterocycles. The summed E-state index contributed by atoms with van der Waals surface area (Å²) in [6, 6.07) is 0.295. The van der Waals surface area contributed by atoms with Crippen LogP contribution in [0.2, 0.25) is 0 Å². The Morgan fingerprint density at radius 1 is 1.53 bits per heavy atom. The van der Waals surface area contributed by atoms with Crippen molar-refractivity contribution in [1.29, 1.82) is 0 Å². The lowest BCUT2D eigenvalue weighted by Gasteiger charge is -2.35. The molecule has 0 radical (unpaired) electrons. The first kappa shape index (κ1) is 14.4. The molecule has 5 heteroatoms. The van der Waals surface area contributed by atoms with Gasteiger partial charge < -0.3 is 4.90 Å². The molecule has 0 aliphatic carbocycles. The molecule has 0 N–H and O–H groups in total. The Balaban J connectivity index is 2.20. The highest BCUT2D eigenvalue weighted by molar-refractivity contribution is 6.17. The van der Waals surface area contributed by atoms with Crippen LogP contribution in [-0.4, -0.2) is 39.1 Å². The summed E-state index contributed by atoms with van der Waals surface area (Å²) in [7, 11) is 1.86. The number of aryl methyl sites for hydroxylation is 2. The molecule has 1 aromatic rings. The summed E-state index contributed by atoms with van der Waals surface area (Å²) in [6.07, 6.45) is 6.86. The maximum absolute atomic E-state index is 12.7. The fourth-order valence-corrected chi connectivity index (χ4v) is 3.07. The summed E-state index contributed by atoms with van der Waals surface area (Å²) in [5.74, 6) is 0.738. The highest BCUT2D eigenvalue weighted by Crippen LogP contribution is 2.23. The van der Waals surface area contributed by atoms with Crippen LogP contribution in [-0.2, 0) is 13.5 Å². The van der Waals surface area contributed by atoms with Gasteiger partial charge in [-0.3, -0.25) is 9.48 Å². The average Bonchev–Trinajstić information content (AvgIpc) is 2.80. The Labute approximate surface area is 119 Å². The molecule has 4 nitrogen and oxygen atoms in total. The zero-order valence-electron chi connectivity index (χ0n) is 11.7. The third kappa shape index (κ3) is 3.11. The van der Waals surface area contributed by atoms with Crippen molar-refractivity contribution in [1.82, 2.24) is 14.7 Å². The normalized spacial score (nSPS) is 19.7. The van der Waals surface area contributed by atoms with Crippen LogP contribution in [0.5, 0.6) is 0 Å².